The second-order valence-electron chi connectivity index (χ2n) is 4.98. The van der Waals surface area contributed by atoms with Crippen molar-refractivity contribution in [3.8, 4) is 0 Å². The minimum atomic E-state index is 0.131. The van der Waals surface area contributed by atoms with Crippen LogP contribution in [0.5, 0.6) is 0 Å². The number of nitrogens with zero attached hydrogens (tertiary/aromatic N) is 2. The standard InChI is InChI=1S/C13H22N4O/c1-17-10-11(9-16-17)8-15-13(18)6-5-12-4-2-3-7-14-12/h9-10,12,14H,2-8H2,1H3,(H,15,18). The third kappa shape index (κ3) is 4.14. The molecule has 2 rings (SSSR count). The zero-order chi connectivity index (χ0) is 12.8. The van der Waals surface area contributed by atoms with Gasteiger partial charge in [0.1, 0.15) is 0 Å². The van der Waals surface area contributed by atoms with E-state index in [4.69, 9.17) is 0 Å². The number of nitrogens with one attached hydrogen (secondary N) is 2. The summed E-state index contributed by atoms with van der Waals surface area (Å²) in [4.78, 5) is 11.7. The van der Waals surface area contributed by atoms with Crippen LogP contribution in [0.4, 0.5) is 0 Å². The summed E-state index contributed by atoms with van der Waals surface area (Å²) >= 11 is 0. The van der Waals surface area contributed by atoms with Gasteiger partial charge in [-0.3, -0.25) is 9.48 Å². The fourth-order valence-electron chi connectivity index (χ4n) is 2.33. The van der Waals surface area contributed by atoms with Crippen LogP contribution in [0.3, 0.4) is 0 Å². The first-order valence-corrected chi connectivity index (χ1v) is 6.71. The van der Waals surface area contributed by atoms with E-state index in [-0.39, 0.29) is 5.91 Å². The zero-order valence-corrected chi connectivity index (χ0v) is 11.0. The molecule has 0 aromatic carbocycles. The number of carbonyl (C=O) groups excluding carboxylic acids is 1. The molecule has 100 valence electrons. The fourth-order valence-corrected chi connectivity index (χ4v) is 2.33. The Morgan fingerprint density at radius 1 is 1.61 bits per heavy atom. The topological polar surface area (TPSA) is 59.0 Å². The number of piperidine rings is 1. The summed E-state index contributed by atoms with van der Waals surface area (Å²) in [6, 6.07) is 0.530. The van der Waals surface area contributed by atoms with Crippen molar-refractivity contribution in [2.24, 2.45) is 7.05 Å². The highest BCUT2D eigenvalue weighted by molar-refractivity contribution is 5.75. The number of carbonyl (C=O) groups is 1. The van der Waals surface area contributed by atoms with E-state index in [2.05, 4.69) is 15.7 Å². The van der Waals surface area contributed by atoms with Gasteiger partial charge in [0, 0.05) is 37.8 Å². The normalized spacial score (nSPS) is 19.7. The first kappa shape index (κ1) is 13.1. The Morgan fingerprint density at radius 2 is 2.50 bits per heavy atom. The average Bonchev–Trinajstić information content (AvgIpc) is 2.81. The van der Waals surface area contributed by atoms with E-state index in [1.165, 1.54) is 19.3 Å². The van der Waals surface area contributed by atoms with Crippen LogP contribution in [0.1, 0.15) is 37.7 Å². The number of aryl methyl sites for hydroxylation is 1. The van der Waals surface area contributed by atoms with Crippen LogP contribution >= 0.6 is 0 Å². The van der Waals surface area contributed by atoms with E-state index in [0.717, 1.165) is 18.5 Å². The lowest BCUT2D eigenvalue weighted by molar-refractivity contribution is -0.121. The van der Waals surface area contributed by atoms with E-state index in [9.17, 15) is 4.79 Å². The van der Waals surface area contributed by atoms with Gasteiger partial charge in [-0.05, 0) is 25.8 Å². The van der Waals surface area contributed by atoms with E-state index in [0.29, 0.717) is 19.0 Å². The Hall–Kier alpha value is -1.36. The van der Waals surface area contributed by atoms with Crippen molar-refractivity contribution in [1.82, 2.24) is 20.4 Å². The van der Waals surface area contributed by atoms with Crippen molar-refractivity contribution in [3.63, 3.8) is 0 Å². The quantitative estimate of drug-likeness (QED) is 0.818. The van der Waals surface area contributed by atoms with Gasteiger partial charge in [-0.1, -0.05) is 6.42 Å². The Balaban J connectivity index is 1.62. The van der Waals surface area contributed by atoms with Crippen molar-refractivity contribution in [2.75, 3.05) is 6.54 Å². The highest BCUT2D eigenvalue weighted by Crippen LogP contribution is 2.11. The molecule has 0 spiro atoms. The molecule has 0 saturated carbocycles. The molecule has 1 aliphatic rings. The molecule has 1 amide bonds. The monoisotopic (exact) mass is 250 g/mol. The molecule has 5 heteroatoms. The second-order valence-corrected chi connectivity index (χ2v) is 4.98. The lowest BCUT2D eigenvalue weighted by Gasteiger charge is -2.22. The van der Waals surface area contributed by atoms with Gasteiger partial charge in [-0.15, -0.1) is 0 Å². The van der Waals surface area contributed by atoms with E-state index >= 15 is 0 Å². The molecule has 1 saturated heterocycles. The van der Waals surface area contributed by atoms with Crippen LogP contribution in [0.25, 0.3) is 0 Å². The second kappa shape index (κ2) is 6.54. The molecule has 1 aromatic heterocycles. The molecule has 5 nitrogen and oxygen atoms in total. The van der Waals surface area contributed by atoms with Gasteiger partial charge in [-0.2, -0.15) is 5.10 Å². The molecular weight excluding hydrogens is 228 g/mol. The van der Waals surface area contributed by atoms with Crippen molar-refractivity contribution >= 4 is 5.91 Å². The first-order valence-electron chi connectivity index (χ1n) is 6.71. The number of hydrogen-bond acceptors (Lipinski definition) is 3. The van der Waals surface area contributed by atoms with Gasteiger partial charge < -0.3 is 10.6 Å². The van der Waals surface area contributed by atoms with E-state index < -0.39 is 0 Å². The summed E-state index contributed by atoms with van der Waals surface area (Å²) in [6.45, 7) is 1.67. The molecular formula is C13H22N4O. The van der Waals surface area contributed by atoms with Crippen molar-refractivity contribution in [1.29, 1.82) is 0 Å². The molecule has 1 atom stereocenters. The minimum absolute atomic E-state index is 0.131. The molecule has 2 heterocycles. The van der Waals surface area contributed by atoms with Gasteiger partial charge in [-0.25, -0.2) is 0 Å². The summed E-state index contributed by atoms with van der Waals surface area (Å²) < 4.78 is 1.74. The Bertz CT molecular complexity index is 382. The van der Waals surface area contributed by atoms with Gasteiger partial charge in [0.2, 0.25) is 5.91 Å². The summed E-state index contributed by atoms with van der Waals surface area (Å²) in [6.07, 6.45) is 9.01. The van der Waals surface area contributed by atoms with E-state index in [1.54, 1.807) is 10.9 Å². The fraction of sp³-hybridized carbons (Fsp3) is 0.692. The minimum Gasteiger partial charge on any atom is -0.352 e. The predicted octanol–water partition coefficient (Wildman–Crippen LogP) is 0.959. The molecule has 1 aromatic rings. The van der Waals surface area contributed by atoms with Crippen molar-refractivity contribution in [3.05, 3.63) is 18.0 Å². The van der Waals surface area contributed by atoms with Gasteiger partial charge in [0.25, 0.3) is 0 Å². The number of rotatable bonds is 5. The molecule has 2 N–H and O–H groups in total. The van der Waals surface area contributed by atoms with Crippen molar-refractivity contribution < 1.29 is 4.79 Å². The van der Waals surface area contributed by atoms with E-state index in [1.807, 2.05) is 13.2 Å². The Morgan fingerprint density at radius 3 is 3.17 bits per heavy atom. The van der Waals surface area contributed by atoms with Crippen molar-refractivity contribution in [2.45, 2.75) is 44.7 Å². The molecule has 0 aliphatic carbocycles. The molecule has 0 bridgehead atoms. The highest BCUT2D eigenvalue weighted by atomic mass is 16.1. The number of aromatic nitrogens is 2. The maximum absolute atomic E-state index is 11.7. The highest BCUT2D eigenvalue weighted by Gasteiger charge is 2.13. The molecule has 1 fully saturated rings. The number of hydrogen-bond donors (Lipinski definition) is 2. The summed E-state index contributed by atoms with van der Waals surface area (Å²) in [5.74, 6) is 0.131. The maximum atomic E-state index is 11.7. The summed E-state index contributed by atoms with van der Waals surface area (Å²) in [7, 11) is 1.88. The van der Waals surface area contributed by atoms with Crippen LogP contribution in [-0.4, -0.2) is 28.3 Å². The predicted molar refractivity (Wildman–Crippen MR) is 69.9 cm³/mol. The lowest BCUT2D eigenvalue weighted by atomic mass is 10.0. The smallest absolute Gasteiger partial charge is 0.220 e. The molecule has 1 aliphatic heterocycles. The van der Waals surface area contributed by atoms with Crippen LogP contribution in [0, 0.1) is 0 Å². The largest absolute Gasteiger partial charge is 0.352 e. The zero-order valence-electron chi connectivity index (χ0n) is 11.0. The molecule has 0 radical (unpaired) electrons. The molecule has 1 unspecified atom stereocenters. The van der Waals surface area contributed by atoms with Gasteiger partial charge in [0.15, 0.2) is 0 Å². The van der Waals surface area contributed by atoms with Crippen LogP contribution in [0.15, 0.2) is 12.4 Å². The first-order chi connectivity index (χ1) is 8.74. The SMILES string of the molecule is Cn1cc(CNC(=O)CCC2CCCCN2)cn1. The van der Waals surface area contributed by atoms with Gasteiger partial charge in [0.05, 0.1) is 6.20 Å². The van der Waals surface area contributed by atoms with Crippen LogP contribution in [-0.2, 0) is 18.4 Å². The average molecular weight is 250 g/mol. The summed E-state index contributed by atoms with van der Waals surface area (Å²) in [5.41, 5.74) is 1.04. The van der Waals surface area contributed by atoms with Crippen LogP contribution < -0.4 is 10.6 Å². The Kier molecular flexibility index (Phi) is 4.75. The Labute approximate surface area is 108 Å². The third-order valence-electron chi connectivity index (χ3n) is 3.38. The van der Waals surface area contributed by atoms with Gasteiger partial charge >= 0.3 is 0 Å². The third-order valence-corrected chi connectivity index (χ3v) is 3.38. The summed E-state index contributed by atoms with van der Waals surface area (Å²) in [5, 5.41) is 10.5. The van der Waals surface area contributed by atoms with Crippen LogP contribution in [0.2, 0.25) is 0 Å². The molecule has 18 heavy (non-hydrogen) atoms. The number of amides is 1. The lowest BCUT2D eigenvalue weighted by Crippen LogP contribution is -2.35. The maximum Gasteiger partial charge on any atom is 0.220 e.